The molecule has 0 radical (unpaired) electrons. The Labute approximate surface area is 109 Å². The number of hydrogen-bond acceptors (Lipinski definition) is 2. The van der Waals surface area contributed by atoms with Gasteiger partial charge in [0.15, 0.2) is 5.11 Å². The van der Waals surface area contributed by atoms with Gasteiger partial charge >= 0.3 is 0 Å². The fourth-order valence-electron chi connectivity index (χ4n) is 1.54. The normalized spacial score (nSPS) is 16.2. The van der Waals surface area contributed by atoms with Gasteiger partial charge in [-0.25, -0.2) is 0 Å². The largest absolute Gasteiger partial charge is 0.342 e. The Morgan fingerprint density at radius 1 is 1.31 bits per heavy atom. The lowest BCUT2D eigenvalue weighted by Crippen LogP contribution is -2.31. The van der Waals surface area contributed by atoms with Gasteiger partial charge in [-0.05, 0) is 24.4 Å². The molecule has 2 rings (SSSR count). The molecule has 1 heterocycles. The first-order valence-electron chi connectivity index (χ1n) is 4.54. The number of halogens is 2. The number of rotatable bonds is 1. The highest BCUT2D eigenvalue weighted by Gasteiger charge is 2.33. The zero-order valence-electron chi connectivity index (χ0n) is 8.41. The summed E-state index contributed by atoms with van der Waals surface area (Å²) < 4.78 is 0. The van der Waals surface area contributed by atoms with Crippen LogP contribution in [0.5, 0.6) is 0 Å². The van der Waals surface area contributed by atoms with Crippen molar-refractivity contribution in [1.82, 2.24) is 4.90 Å². The first-order valence-corrected chi connectivity index (χ1v) is 5.71. The fourth-order valence-corrected chi connectivity index (χ4v) is 2.37. The van der Waals surface area contributed by atoms with E-state index in [-0.39, 0.29) is 12.5 Å². The monoisotopic (exact) mass is 274 g/mol. The molecule has 1 aromatic carbocycles. The number of carbonyl (C=O) groups excluding carboxylic acids is 1. The Kier molecular flexibility index (Phi) is 3.06. The topological polar surface area (TPSA) is 23.6 Å². The number of carbonyl (C=O) groups is 1. The number of anilines is 1. The lowest BCUT2D eigenvalue weighted by Gasteiger charge is -2.19. The van der Waals surface area contributed by atoms with Gasteiger partial charge in [0.05, 0.1) is 22.3 Å². The second kappa shape index (κ2) is 4.20. The molecule has 1 fully saturated rings. The molecule has 1 aromatic rings. The molecule has 0 bridgehead atoms. The maximum absolute atomic E-state index is 11.8. The van der Waals surface area contributed by atoms with Gasteiger partial charge in [-0.1, -0.05) is 29.3 Å². The van der Waals surface area contributed by atoms with E-state index in [0.29, 0.717) is 20.8 Å². The zero-order chi connectivity index (χ0) is 11.9. The molecular weight excluding hydrogens is 267 g/mol. The third-order valence-electron chi connectivity index (χ3n) is 2.30. The van der Waals surface area contributed by atoms with Crippen LogP contribution < -0.4 is 4.90 Å². The summed E-state index contributed by atoms with van der Waals surface area (Å²) in [5.41, 5.74) is 0.463. The summed E-state index contributed by atoms with van der Waals surface area (Å²) in [4.78, 5) is 14.8. The van der Waals surface area contributed by atoms with Crippen LogP contribution in [0.3, 0.4) is 0 Å². The Hall–Kier alpha value is -0.840. The number of hydrogen-bond donors (Lipinski definition) is 0. The van der Waals surface area contributed by atoms with E-state index in [1.165, 1.54) is 4.90 Å². The zero-order valence-corrected chi connectivity index (χ0v) is 10.7. The summed E-state index contributed by atoms with van der Waals surface area (Å²) in [5, 5.41) is 1.25. The smallest absolute Gasteiger partial charge is 0.253 e. The maximum atomic E-state index is 11.8. The average Bonchev–Trinajstić information content (AvgIpc) is 2.44. The van der Waals surface area contributed by atoms with Crippen molar-refractivity contribution in [3.63, 3.8) is 0 Å². The van der Waals surface area contributed by atoms with Crippen LogP contribution in [0.15, 0.2) is 18.2 Å². The Morgan fingerprint density at radius 3 is 2.31 bits per heavy atom. The highest BCUT2D eigenvalue weighted by Crippen LogP contribution is 2.35. The van der Waals surface area contributed by atoms with Gasteiger partial charge in [0, 0.05) is 7.05 Å². The van der Waals surface area contributed by atoms with Crippen LogP contribution in [0.4, 0.5) is 5.69 Å². The Morgan fingerprint density at radius 2 is 1.88 bits per heavy atom. The molecule has 16 heavy (non-hydrogen) atoms. The Bertz CT molecular complexity index is 458. The lowest BCUT2D eigenvalue weighted by atomic mass is 10.3. The van der Waals surface area contributed by atoms with E-state index < -0.39 is 0 Å². The SMILES string of the molecule is CN1CC(=O)N(c2c(Cl)cccc2Cl)C1=S. The van der Waals surface area contributed by atoms with Crippen molar-refractivity contribution in [2.45, 2.75) is 0 Å². The molecule has 0 spiro atoms. The van der Waals surface area contributed by atoms with Crippen molar-refractivity contribution in [3.8, 4) is 0 Å². The standard InChI is InChI=1S/C10H8Cl2N2OS/c1-13-5-8(15)14(10(13)16)9-6(11)3-2-4-7(9)12/h2-4H,5H2,1H3. The molecule has 1 aliphatic rings. The summed E-state index contributed by atoms with van der Waals surface area (Å²) in [6, 6.07) is 5.08. The molecule has 3 nitrogen and oxygen atoms in total. The number of nitrogens with zero attached hydrogens (tertiary/aromatic N) is 2. The fraction of sp³-hybridized carbons (Fsp3) is 0.200. The van der Waals surface area contributed by atoms with E-state index in [2.05, 4.69) is 0 Å². The summed E-state index contributed by atoms with van der Waals surface area (Å²) in [6.45, 7) is 0.250. The summed E-state index contributed by atoms with van der Waals surface area (Å²) in [6.07, 6.45) is 0. The van der Waals surface area contributed by atoms with Crippen molar-refractivity contribution in [2.24, 2.45) is 0 Å². The number of amides is 1. The predicted octanol–water partition coefficient (Wildman–Crippen LogP) is 2.56. The van der Waals surface area contributed by atoms with Gasteiger partial charge in [0.2, 0.25) is 0 Å². The third-order valence-corrected chi connectivity index (χ3v) is 3.41. The molecule has 1 amide bonds. The van der Waals surface area contributed by atoms with Crippen LogP contribution in [0.2, 0.25) is 10.0 Å². The van der Waals surface area contributed by atoms with E-state index in [4.69, 9.17) is 35.4 Å². The minimum atomic E-state index is -0.123. The van der Waals surface area contributed by atoms with Crippen LogP contribution in [0, 0.1) is 0 Å². The first-order chi connectivity index (χ1) is 7.52. The minimum Gasteiger partial charge on any atom is -0.342 e. The molecule has 1 aliphatic heterocycles. The Balaban J connectivity index is 2.53. The van der Waals surface area contributed by atoms with Crippen LogP contribution >= 0.6 is 35.4 Å². The number of para-hydroxylation sites is 1. The van der Waals surface area contributed by atoms with Crippen LogP contribution in [-0.4, -0.2) is 29.5 Å². The molecule has 1 saturated heterocycles. The van der Waals surface area contributed by atoms with Gasteiger partial charge in [0.1, 0.15) is 0 Å². The highest BCUT2D eigenvalue weighted by atomic mass is 35.5. The van der Waals surface area contributed by atoms with E-state index in [1.807, 2.05) is 0 Å². The highest BCUT2D eigenvalue weighted by molar-refractivity contribution is 7.80. The molecular formula is C10H8Cl2N2OS. The molecule has 0 aromatic heterocycles. The molecule has 0 aliphatic carbocycles. The molecule has 0 N–H and O–H groups in total. The van der Waals surface area contributed by atoms with Crippen LogP contribution in [0.25, 0.3) is 0 Å². The second-order valence-electron chi connectivity index (χ2n) is 3.44. The van der Waals surface area contributed by atoms with E-state index in [0.717, 1.165) is 0 Å². The van der Waals surface area contributed by atoms with Crippen molar-refractivity contribution in [1.29, 1.82) is 0 Å². The quantitative estimate of drug-likeness (QED) is 0.736. The molecule has 6 heteroatoms. The lowest BCUT2D eigenvalue weighted by molar-refractivity contribution is -0.116. The molecule has 0 atom stereocenters. The van der Waals surface area contributed by atoms with Gasteiger partial charge in [0.25, 0.3) is 5.91 Å². The van der Waals surface area contributed by atoms with E-state index >= 15 is 0 Å². The summed E-state index contributed by atoms with van der Waals surface area (Å²) in [7, 11) is 1.75. The van der Waals surface area contributed by atoms with Gasteiger partial charge in [-0.15, -0.1) is 0 Å². The maximum Gasteiger partial charge on any atom is 0.253 e. The summed E-state index contributed by atoms with van der Waals surface area (Å²) >= 11 is 17.2. The van der Waals surface area contributed by atoms with E-state index in [1.54, 1.807) is 30.1 Å². The first kappa shape index (κ1) is 11.6. The van der Waals surface area contributed by atoms with Gasteiger partial charge in [-0.2, -0.15) is 0 Å². The van der Waals surface area contributed by atoms with Crippen molar-refractivity contribution < 1.29 is 4.79 Å². The number of likely N-dealkylation sites (N-methyl/N-ethyl adjacent to an activating group) is 1. The van der Waals surface area contributed by atoms with Crippen molar-refractivity contribution >= 4 is 52.1 Å². The van der Waals surface area contributed by atoms with Crippen LogP contribution in [0.1, 0.15) is 0 Å². The minimum absolute atomic E-state index is 0.123. The summed E-state index contributed by atoms with van der Waals surface area (Å²) in [5.74, 6) is -0.123. The number of benzene rings is 1. The number of thiocarbonyl (C=S) groups is 1. The van der Waals surface area contributed by atoms with Crippen LogP contribution in [-0.2, 0) is 4.79 Å². The average molecular weight is 275 g/mol. The van der Waals surface area contributed by atoms with Gasteiger partial charge in [-0.3, -0.25) is 9.69 Å². The predicted molar refractivity (Wildman–Crippen MR) is 69.2 cm³/mol. The van der Waals surface area contributed by atoms with Crippen molar-refractivity contribution in [3.05, 3.63) is 28.2 Å². The van der Waals surface area contributed by atoms with Gasteiger partial charge < -0.3 is 4.90 Å². The molecule has 84 valence electrons. The third kappa shape index (κ3) is 1.77. The molecule has 0 saturated carbocycles. The molecule has 0 unspecified atom stereocenters. The van der Waals surface area contributed by atoms with Crippen molar-refractivity contribution in [2.75, 3.05) is 18.5 Å². The second-order valence-corrected chi connectivity index (χ2v) is 4.62. The van der Waals surface area contributed by atoms with E-state index in [9.17, 15) is 4.79 Å².